The van der Waals surface area contributed by atoms with Gasteiger partial charge in [0.15, 0.2) is 0 Å². The first-order valence-electron chi connectivity index (χ1n) is 5.34. The van der Waals surface area contributed by atoms with Crippen molar-refractivity contribution in [2.45, 2.75) is 25.6 Å². The highest BCUT2D eigenvalue weighted by atomic mass is 19.1. The van der Waals surface area contributed by atoms with Gasteiger partial charge in [0.05, 0.1) is 12.2 Å². The van der Waals surface area contributed by atoms with E-state index in [0.717, 1.165) is 12.1 Å². The second-order valence-corrected chi connectivity index (χ2v) is 4.14. The largest absolute Gasteiger partial charge is 0.388 e. The number of halogens is 2. The van der Waals surface area contributed by atoms with Gasteiger partial charge in [0, 0.05) is 24.2 Å². The molecule has 3 atom stereocenters. The van der Waals surface area contributed by atoms with Crippen LogP contribution in [0.3, 0.4) is 0 Å². The van der Waals surface area contributed by atoms with E-state index in [4.69, 9.17) is 4.74 Å². The van der Waals surface area contributed by atoms with E-state index in [1.54, 1.807) is 0 Å². The van der Waals surface area contributed by atoms with E-state index in [1.807, 2.05) is 6.92 Å². The highest BCUT2D eigenvalue weighted by Crippen LogP contribution is 2.34. The molecule has 0 amide bonds. The summed E-state index contributed by atoms with van der Waals surface area (Å²) in [5.74, 6) is -1.46. The molecule has 1 fully saturated rings. The van der Waals surface area contributed by atoms with Gasteiger partial charge in [-0.1, -0.05) is 6.07 Å². The van der Waals surface area contributed by atoms with Crippen LogP contribution >= 0.6 is 0 Å². The highest BCUT2D eigenvalue weighted by molar-refractivity contribution is 5.21. The standard InChI is InChI=1S/C12H14F2O2/c1-7-9(4-5-16-7)12(15)10-3-2-8(13)6-11(10)14/h2-3,6-7,9,12,15H,4-5H2,1H3. The molecule has 3 unspecified atom stereocenters. The molecule has 0 aromatic heterocycles. The maximum atomic E-state index is 13.4. The molecule has 1 aromatic rings. The fourth-order valence-corrected chi connectivity index (χ4v) is 2.13. The second kappa shape index (κ2) is 4.47. The van der Waals surface area contributed by atoms with Gasteiger partial charge in [0.1, 0.15) is 11.6 Å². The summed E-state index contributed by atoms with van der Waals surface area (Å²) in [6.07, 6.45) is -0.336. The Morgan fingerprint density at radius 3 is 2.75 bits per heavy atom. The topological polar surface area (TPSA) is 29.5 Å². The van der Waals surface area contributed by atoms with E-state index in [2.05, 4.69) is 0 Å². The Morgan fingerprint density at radius 2 is 2.19 bits per heavy atom. The number of aliphatic hydroxyl groups excluding tert-OH is 1. The van der Waals surface area contributed by atoms with E-state index in [1.165, 1.54) is 6.07 Å². The lowest BCUT2D eigenvalue weighted by Gasteiger charge is -2.21. The Labute approximate surface area is 92.9 Å². The molecule has 1 aliphatic heterocycles. The van der Waals surface area contributed by atoms with Crippen molar-refractivity contribution >= 4 is 0 Å². The van der Waals surface area contributed by atoms with Crippen molar-refractivity contribution < 1.29 is 18.6 Å². The van der Waals surface area contributed by atoms with Crippen LogP contribution < -0.4 is 0 Å². The molecular formula is C12H14F2O2. The van der Waals surface area contributed by atoms with Crippen molar-refractivity contribution in [2.75, 3.05) is 6.61 Å². The van der Waals surface area contributed by atoms with Crippen LogP contribution in [0.5, 0.6) is 0 Å². The quantitative estimate of drug-likeness (QED) is 0.842. The number of hydrogen-bond donors (Lipinski definition) is 1. The van der Waals surface area contributed by atoms with E-state index < -0.39 is 17.7 Å². The van der Waals surface area contributed by atoms with Crippen molar-refractivity contribution in [3.63, 3.8) is 0 Å². The Balaban J connectivity index is 2.23. The summed E-state index contributed by atoms with van der Waals surface area (Å²) in [4.78, 5) is 0. The molecule has 2 nitrogen and oxygen atoms in total. The van der Waals surface area contributed by atoms with Gasteiger partial charge in [-0.15, -0.1) is 0 Å². The molecular weight excluding hydrogens is 214 g/mol. The van der Waals surface area contributed by atoms with Gasteiger partial charge in [0.25, 0.3) is 0 Å². The average Bonchev–Trinajstić information content (AvgIpc) is 2.63. The molecule has 0 aliphatic carbocycles. The molecule has 0 spiro atoms. The molecule has 0 radical (unpaired) electrons. The van der Waals surface area contributed by atoms with E-state index >= 15 is 0 Å². The summed E-state index contributed by atoms with van der Waals surface area (Å²) < 4.78 is 31.5. The number of ether oxygens (including phenoxy) is 1. The van der Waals surface area contributed by atoms with Gasteiger partial charge in [0.2, 0.25) is 0 Å². The third-order valence-corrected chi connectivity index (χ3v) is 3.12. The zero-order valence-corrected chi connectivity index (χ0v) is 8.99. The molecule has 16 heavy (non-hydrogen) atoms. The van der Waals surface area contributed by atoms with E-state index in [9.17, 15) is 13.9 Å². The van der Waals surface area contributed by atoms with Crippen molar-refractivity contribution in [1.29, 1.82) is 0 Å². The van der Waals surface area contributed by atoms with Gasteiger partial charge < -0.3 is 9.84 Å². The van der Waals surface area contributed by atoms with Crippen LogP contribution in [-0.2, 0) is 4.74 Å². The average molecular weight is 228 g/mol. The summed E-state index contributed by atoms with van der Waals surface area (Å²) in [6.45, 7) is 2.42. The zero-order valence-electron chi connectivity index (χ0n) is 8.99. The maximum absolute atomic E-state index is 13.4. The Kier molecular flexibility index (Phi) is 3.21. The molecule has 1 heterocycles. The second-order valence-electron chi connectivity index (χ2n) is 4.14. The predicted octanol–water partition coefficient (Wildman–Crippen LogP) is 2.42. The van der Waals surface area contributed by atoms with Crippen molar-refractivity contribution in [1.82, 2.24) is 0 Å². The molecule has 4 heteroatoms. The lowest BCUT2D eigenvalue weighted by Crippen LogP contribution is -2.20. The molecule has 1 aromatic carbocycles. The van der Waals surface area contributed by atoms with Crippen LogP contribution in [0, 0.1) is 17.6 Å². The van der Waals surface area contributed by atoms with Crippen molar-refractivity contribution in [2.24, 2.45) is 5.92 Å². The minimum Gasteiger partial charge on any atom is -0.388 e. The minimum absolute atomic E-state index is 0.0977. The summed E-state index contributed by atoms with van der Waals surface area (Å²) in [6, 6.07) is 3.24. The molecule has 0 saturated carbocycles. The first-order chi connectivity index (χ1) is 7.59. The molecule has 1 aliphatic rings. The smallest absolute Gasteiger partial charge is 0.131 e. The molecule has 1 saturated heterocycles. The third-order valence-electron chi connectivity index (χ3n) is 3.12. The zero-order chi connectivity index (χ0) is 11.7. The van der Waals surface area contributed by atoms with Crippen LogP contribution in [0.15, 0.2) is 18.2 Å². The van der Waals surface area contributed by atoms with Crippen LogP contribution in [0.2, 0.25) is 0 Å². The van der Waals surface area contributed by atoms with Gasteiger partial charge in [-0.05, 0) is 19.4 Å². The van der Waals surface area contributed by atoms with Crippen LogP contribution in [0.1, 0.15) is 25.0 Å². The number of hydrogen-bond acceptors (Lipinski definition) is 2. The summed E-state index contributed by atoms with van der Waals surface area (Å²) in [5.41, 5.74) is 0.142. The normalized spacial score (nSPS) is 27.0. The first-order valence-corrected chi connectivity index (χ1v) is 5.34. The number of aliphatic hydroxyl groups is 1. The maximum Gasteiger partial charge on any atom is 0.131 e. The van der Waals surface area contributed by atoms with Crippen molar-refractivity contribution in [3.05, 3.63) is 35.4 Å². The Hall–Kier alpha value is -1.00. The molecule has 1 N–H and O–H groups in total. The lowest BCUT2D eigenvalue weighted by molar-refractivity contribution is 0.0414. The van der Waals surface area contributed by atoms with E-state index in [-0.39, 0.29) is 17.6 Å². The van der Waals surface area contributed by atoms with Gasteiger partial charge in [-0.2, -0.15) is 0 Å². The predicted molar refractivity (Wildman–Crippen MR) is 54.8 cm³/mol. The van der Waals surface area contributed by atoms with Gasteiger partial charge >= 0.3 is 0 Å². The summed E-state index contributed by atoms with van der Waals surface area (Å²) >= 11 is 0. The van der Waals surface area contributed by atoms with Crippen molar-refractivity contribution in [3.8, 4) is 0 Å². The molecule has 2 rings (SSSR count). The minimum atomic E-state index is -0.932. The van der Waals surface area contributed by atoms with Gasteiger partial charge in [-0.25, -0.2) is 8.78 Å². The Morgan fingerprint density at radius 1 is 1.44 bits per heavy atom. The third kappa shape index (κ3) is 2.08. The first kappa shape index (κ1) is 11.5. The highest BCUT2D eigenvalue weighted by Gasteiger charge is 2.32. The molecule has 0 bridgehead atoms. The summed E-state index contributed by atoms with van der Waals surface area (Å²) in [5, 5.41) is 10.0. The monoisotopic (exact) mass is 228 g/mol. The van der Waals surface area contributed by atoms with Crippen LogP contribution in [0.25, 0.3) is 0 Å². The fraction of sp³-hybridized carbons (Fsp3) is 0.500. The number of benzene rings is 1. The van der Waals surface area contributed by atoms with Gasteiger partial charge in [-0.3, -0.25) is 0 Å². The van der Waals surface area contributed by atoms with E-state index in [0.29, 0.717) is 13.0 Å². The number of rotatable bonds is 2. The van der Waals surface area contributed by atoms with Crippen LogP contribution in [-0.4, -0.2) is 17.8 Å². The fourth-order valence-electron chi connectivity index (χ4n) is 2.13. The SMILES string of the molecule is CC1OCCC1C(O)c1ccc(F)cc1F. The summed E-state index contributed by atoms with van der Waals surface area (Å²) in [7, 11) is 0. The lowest BCUT2D eigenvalue weighted by atomic mass is 9.90. The molecule has 88 valence electrons. The van der Waals surface area contributed by atoms with Crippen LogP contribution in [0.4, 0.5) is 8.78 Å². The Bertz CT molecular complexity index is 381.